The molecule has 0 radical (unpaired) electrons. The number of aromatic nitrogens is 1. The standard InChI is InChI=1S/C23H22N2O4/c1-14-13-17-20(26)21(27)18-15-7-2-3-8-16(15)23(28)25(19(18)22(17)29-14)12-6-11-24-9-4-5-10-24/h2-3,7-8,13H,4-6,9-12H2,1H3. The molecule has 6 nitrogen and oxygen atoms in total. The maximum absolute atomic E-state index is 13.3. The highest BCUT2D eigenvalue weighted by Gasteiger charge is 2.37. The van der Waals surface area contributed by atoms with Crippen molar-refractivity contribution in [3.05, 3.63) is 57.6 Å². The summed E-state index contributed by atoms with van der Waals surface area (Å²) in [6.07, 6.45) is 3.23. The summed E-state index contributed by atoms with van der Waals surface area (Å²) in [4.78, 5) is 41.5. The second kappa shape index (κ2) is 6.81. The highest BCUT2D eigenvalue weighted by Crippen LogP contribution is 2.38. The third-order valence-corrected chi connectivity index (χ3v) is 5.98. The lowest BCUT2D eigenvalue weighted by atomic mass is 9.88. The van der Waals surface area contributed by atoms with Gasteiger partial charge in [0.25, 0.3) is 5.56 Å². The summed E-state index contributed by atoms with van der Waals surface area (Å²) in [5.74, 6) is -0.256. The Balaban J connectivity index is 1.71. The quantitative estimate of drug-likeness (QED) is 0.638. The number of furan rings is 1. The van der Waals surface area contributed by atoms with Crippen molar-refractivity contribution in [2.24, 2.45) is 0 Å². The highest BCUT2D eigenvalue weighted by atomic mass is 16.3. The molecule has 3 heterocycles. The van der Waals surface area contributed by atoms with Crippen LogP contribution in [-0.2, 0) is 6.54 Å². The average molecular weight is 390 g/mol. The lowest BCUT2D eigenvalue weighted by Gasteiger charge is -2.22. The van der Waals surface area contributed by atoms with Crippen LogP contribution < -0.4 is 5.56 Å². The van der Waals surface area contributed by atoms with Gasteiger partial charge in [-0.2, -0.15) is 0 Å². The molecule has 148 valence electrons. The fourth-order valence-corrected chi connectivity index (χ4v) is 4.63. The number of carbonyl (C=O) groups excluding carboxylic acids is 2. The predicted octanol–water partition coefficient (Wildman–Crippen LogP) is 3.43. The monoisotopic (exact) mass is 390 g/mol. The Labute approximate surface area is 167 Å². The minimum atomic E-state index is -0.572. The zero-order valence-electron chi connectivity index (χ0n) is 16.4. The van der Waals surface area contributed by atoms with Crippen molar-refractivity contribution in [3.63, 3.8) is 0 Å². The number of fused-ring (bicyclic) bond motifs is 5. The Hall–Kier alpha value is -2.99. The Morgan fingerprint density at radius 2 is 1.69 bits per heavy atom. The number of rotatable bonds is 4. The van der Waals surface area contributed by atoms with Gasteiger partial charge in [-0.1, -0.05) is 18.2 Å². The fraction of sp³-hybridized carbons (Fsp3) is 0.348. The first-order valence-corrected chi connectivity index (χ1v) is 10.1. The van der Waals surface area contributed by atoms with Gasteiger partial charge >= 0.3 is 0 Å². The lowest BCUT2D eigenvalue weighted by molar-refractivity contribution is 0.0815. The van der Waals surface area contributed by atoms with E-state index in [1.165, 1.54) is 12.8 Å². The molecule has 2 aliphatic rings. The Morgan fingerprint density at radius 1 is 0.966 bits per heavy atom. The summed E-state index contributed by atoms with van der Waals surface area (Å²) in [7, 11) is 0. The van der Waals surface area contributed by atoms with Gasteiger partial charge < -0.3 is 13.9 Å². The molecule has 0 atom stereocenters. The van der Waals surface area contributed by atoms with Crippen LogP contribution in [0.2, 0.25) is 0 Å². The zero-order chi connectivity index (χ0) is 20.1. The van der Waals surface area contributed by atoms with Gasteiger partial charge in [-0.25, -0.2) is 0 Å². The van der Waals surface area contributed by atoms with Crippen LogP contribution in [0.15, 0.2) is 39.5 Å². The van der Waals surface area contributed by atoms with Gasteiger partial charge in [0.1, 0.15) is 5.76 Å². The number of ketones is 2. The molecule has 1 fully saturated rings. The number of nitrogens with zero attached hydrogens (tertiary/aromatic N) is 2. The van der Waals surface area contributed by atoms with E-state index in [0.717, 1.165) is 26.1 Å². The zero-order valence-corrected chi connectivity index (χ0v) is 16.4. The Morgan fingerprint density at radius 3 is 2.45 bits per heavy atom. The van der Waals surface area contributed by atoms with Crippen molar-refractivity contribution in [1.82, 2.24) is 9.47 Å². The molecule has 1 aromatic carbocycles. The van der Waals surface area contributed by atoms with Crippen LogP contribution in [0.1, 0.15) is 45.7 Å². The van der Waals surface area contributed by atoms with E-state index in [9.17, 15) is 14.4 Å². The van der Waals surface area contributed by atoms with Crippen molar-refractivity contribution in [2.45, 2.75) is 32.7 Å². The SMILES string of the molecule is Cc1cc2c(o1)-c1c(c3ccccc3c(=O)n1CCCN1CCCC1)C(=O)C2=O. The molecule has 1 saturated heterocycles. The van der Waals surface area contributed by atoms with Crippen molar-refractivity contribution in [3.8, 4) is 11.5 Å². The van der Waals surface area contributed by atoms with Crippen molar-refractivity contribution in [2.75, 3.05) is 19.6 Å². The molecule has 0 N–H and O–H groups in total. The molecule has 6 heteroatoms. The van der Waals surface area contributed by atoms with E-state index < -0.39 is 11.6 Å². The number of hydrogen-bond acceptors (Lipinski definition) is 5. The number of carbonyl (C=O) groups is 2. The van der Waals surface area contributed by atoms with Crippen LogP contribution in [0.4, 0.5) is 0 Å². The molecule has 1 aliphatic carbocycles. The van der Waals surface area contributed by atoms with Crippen molar-refractivity contribution >= 4 is 22.3 Å². The first kappa shape index (κ1) is 18.1. The molecule has 1 aliphatic heterocycles. The molecule has 0 saturated carbocycles. The van der Waals surface area contributed by atoms with Crippen LogP contribution in [-0.4, -0.2) is 40.7 Å². The minimum absolute atomic E-state index is 0.150. The first-order chi connectivity index (χ1) is 14.1. The first-order valence-electron chi connectivity index (χ1n) is 10.1. The van der Waals surface area contributed by atoms with Gasteiger partial charge in [0.2, 0.25) is 11.6 Å². The molecular weight excluding hydrogens is 368 g/mol. The molecule has 2 aromatic heterocycles. The second-order valence-corrected chi connectivity index (χ2v) is 7.89. The van der Waals surface area contributed by atoms with E-state index >= 15 is 0 Å². The van der Waals surface area contributed by atoms with Crippen LogP contribution in [0.5, 0.6) is 0 Å². The maximum atomic E-state index is 13.3. The molecule has 0 spiro atoms. The number of pyridine rings is 1. The van der Waals surface area contributed by atoms with E-state index in [-0.39, 0.29) is 16.7 Å². The van der Waals surface area contributed by atoms with Gasteiger partial charge in [0.05, 0.1) is 16.8 Å². The largest absolute Gasteiger partial charge is 0.459 e. The van der Waals surface area contributed by atoms with E-state index in [1.54, 1.807) is 41.8 Å². The normalized spacial score (nSPS) is 16.4. The molecular formula is C23H22N2O4. The van der Waals surface area contributed by atoms with Crippen molar-refractivity contribution < 1.29 is 14.0 Å². The van der Waals surface area contributed by atoms with E-state index in [1.807, 2.05) is 0 Å². The van der Waals surface area contributed by atoms with Crippen LogP contribution in [0.25, 0.3) is 22.2 Å². The molecule has 0 amide bonds. The maximum Gasteiger partial charge on any atom is 0.259 e. The van der Waals surface area contributed by atoms with E-state index in [4.69, 9.17) is 4.42 Å². The summed E-state index contributed by atoms with van der Waals surface area (Å²) >= 11 is 0. The summed E-state index contributed by atoms with van der Waals surface area (Å²) in [6.45, 7) is 5.32. The number of Topliss-reactive ketones (excluding diaryl/α,β-unsaturated/α-hetero) is 2. The molecule has 3 aromatic rings. The van der Waals surface area contributed by atoms with E-state index in [2.05, 4.69) is 4.90 Å². The molecule has 29 heavy (non-hydrogen) atoms. The van der Waals surface area contributed by atoms with Gasteiger partial charge in [-0.15, -0.1) is 0 Å². The smallest absolute Gasteiger partial charge is 0.259 e. The number of aryl methyl sites for hydroxylation is 1. The number of hydrogen-bond donors (Lipinski definition) is 0. The topological polar surface area (TPSA) is 72.5 Å². The van der Waals surface area contributed by atoms with Gasteiger partial charge in [-0.3, -0.25) is 14.4 Å². The highest BCUT2D eigenvalue weighted by molar-refractivity contribution is 6.54. The Bertz CT molecular complexity index is 1210. The van der Waals surface area contributed by atoms with E-state index in [0.29, 0.717) is 34.5 Å². The average Bonchev–Trinajstić information content (AvgIpc) is 3.37. The van der Waals surface area contributed by atoms with Gasteiger partial charge in [-0.05, 0) is 58.0 Å². The number of benzene rings is 1. The summed E-state index contributed by atoms with van der Waals surface area (Å²) in [6, 6.07) is 8.60. The lowest BCUT2D eigenvalue weighted by Crippen LogP contribution is -2.31. The Kier molecular flexibility index (Phi) is 4.24. The minimum Gasteiger partial charge on any atom is -0.459 e. The third-order valence-electron chi connectivity index (χ3n) is 5.98. The van der Waals surface area contributed by atoms with Gasteiger partial charge in [0, 0.05) is 17.3 Å². The number of likely N-dealkylation sites (tertiary alicyclic amines) is 1. The molecule has 0 bridgehead atoms. The van der Waals surface area contributed by atoms with Crippen LogP contribution >= 0.6 is 0 Å². The van der Waals surface area contributed by atoms with Crippen LogP contribution in [0.3, 0.4) is 0 Å². The summed E-state index contributed by atoms with van der Waals surface area (Å²) < 4.78 is 7.47. The summed E-state index contributed by atoms with van der Waals surface area (Å²) in [5, 5.41) is 0.974. The van der Waals surface area contributed by atoms with Crippen LogP contribution in [0, 0.1) is 6.92 Å². The fourth-order valence-electron chi connectivity index (χ4n) is 4.63. The molecule has 0 unspecified atom stereocenters. The predicted molar refractivity (Wildman–Crippen MR) is 110 cm³/mol. The van der Waals surface area contributed by atoms with Crippen molar-refractivity contribution in [1.29, 1.82) is 0 Å². The molecule has 5 rings (SSSR count). The second-order valence-electron chi connectivity index (χ2n) is 7.89. The van der Waals surface area contributed by atoms with Gasteiger partial charge in [0.15, 0.2) is 5.76 Å². The summed E-state index contributed by atoms with van der Waals surface area (Å²) in [5.41, 5.74) is 0.835. The third kappa shape index (κ3) is 2.78.